The van der Waals surface area contributed by atoms with E-state index >= 15 is 0 Å². The van der Waals surface area contributed by atoms with E-state index in [9.17, 15) is 20.1 Å². The first-order chi connectivity index (χ1) is 11.3. The summed E-state index contributed by atoms with van der Waals surface area (Å²) in [7, 11) is -2.17. The number of aliphatic hydroxyl groups excluding tert-OH is 3. The molecule has 9 nitrogen and oxygen atoms in total. The van der Waals surface area contributed by atoms with Crippen LogP contribution in [0.5, 0.6) is 5.75 Å². The van der Waals surface area contributed by atoms with Gasteiger partial charge >= 0.3 is 5.97 Å². The van der Waals surface area contributed by atoms with E-state index in [0.29, 0.717) is 0 Å². The molecule has 0 amide bonds. The number of benzene rings is 1. The summed E-state index contributed by atoms with van der Waals surface area (Å²) in [4.78, 5) is 28.7. The Morgan fingerprint density at radius 1 is 1.08 bits per heavy atom. The molecule has 0 saturated carbocycles. The molecule has 0 radical (unpaired) electrons. The molecule has 1 aliphatic rings. The molecule has 5 atom stereocenters. The predicted octanol–water partition coefficient (Wildman–Crippen LogP) is -0.742. The van der Waals surface area contributed by atoms with Gasteiger partial charge in [-0.1, -0.05) is 0 Å². The van der Waals surface area contributed by atoms with E-state index in [2.05, 4.69) is 0 Å². The minimum absolute atomic E-state index is 0.0279. The molecule has 0 aromatic heterocycles. The number of ether oxygens (including phenoxy) is 2. The van der Waals surface area contributed by atoms with Gasteiger partial charge < -0.3 is 39.7 Å². The molecule has 10 heteroatoms. The normalized spacial score (nSPS) is 30.3. The Labute approximate surface area is 138 Å². The minimum atomic E-state index is -2.17. The SMILES string of the molecule is O=C(O)c1ccc(O[C@H]2OC(CCP(O)O)[C@@H](O)C(O)C2O)cc1. The van der Waals surface area contributed by atoms with E-state index in [4.69, 9.17) is 24.4 Å². The highest BCUT2D eigenvalue weighted by Crippen LogP contribution is 2.30. The lowest BCUT2D eigenvalue weighted by Gasteiger charge is -2.40. The van der Waals surface area contributed by atoms with E-state index in [1.54, 1.807) is 0 Å². The first-order valence-electron chi connectivity index (χ1n) is 7.14. The molecule has 1 fully saturated rings. The second-order valence-corrected chi connectivity index (χ2v) is 6.54. The second-order valence-electron chi connectivity index (χ2n) is 5.35. The van der Waals surface area contributed by atoms with Gasteiger partial charge in [-0.15, -0.1) is 0 Å². The Balaban J connectivity index is 2.05. The van der Waals surface area contributed by atoms with E-state index in [1.807, 2.05) is 0 Å². The number of hydrogen-bond donors (Lipinski definition) is 6. The fourth-order valence-electron chi connectivity index (χ4n) is 2.31. The van der Waals surface area contributed by atoms with Crippen molar-refractivity contribution in [3.8, 4) is 5.75 Å². The molecule has 1 aromatic rings. The zero-order chi connectivity index (χ0) is 17.9. The highest BCUT2D eigenvalue weighted by Gasteiger charge is 2.44. The maximum absolute atomic E-state index is 10.8. The molecule has 0 bridgehead atoms. The van der Waals surface area contributed by atoms with Crippen molar-refractivity contribution in [2.24, 2.45) is 0 Å². The standard InChI is InChI=1S/C14H19O9P/c15-10-9(5-6-24(20)21)23-14(12(17)11(10)16)22-8-3-1-7(2-4-8)13(18)19/h1-4,9-12,14-17,20-21H,5-6H2,(H,18,19)/t9?,10-,11?,12?,14+/m1/s1. The molecule has 1 heterocycles. The molecule has 1 aromatic carbocycles. The molecule has 1 aliphatic heterocycles. The monoisotopic (exact) mass is 362 g/mol. The summed E-state index contributed by atoms with van der Waals surface area (Å²) in [6.07, 6.45) is -6.68. The third-order valence-corrected chi connectivity index (χ3v) is 4.29. The molecule has 1 saturated heterocycles. The first kappa shape index (κ1) is 19.0. The van der Waals surface area contributed by atoms with E-state index < -0.39 is 45.1 Å². The number of rotatable bonds is 6. The molecule has 0 aliphatic carbocycles. The van der Waals surface area contributed by atoms with Crippen LogP contribution in [-0.4, -0.2) is 73.1 Å². The van der Waals surface area contributed by atoms with Crippen molar-refractivity contribution in [1.29, 1.82) is 0 Å². The van der Waals surface area contributed by atoms with Crippen LogP contribution in [0.2, 0.25) is 0 Å². The maximum atomic E-state index is 10.8. The van der Waals surface area contributed by atoms with Crippen LogP contribution in [-0.2, 0) is 4.74 Å². The summed E-state index contributed by atoms with van der Waals surface area (Å²) in [5.74, 6) is -0.892. The number of aliphatic hydroxyl groups is 3. The third kappa shape index (κ3) is 4.61. The second kappa shape index (κ2) is 8.17. The topological polar surface area (TPSA) is 157 Å². The summed E-state index contributed by atoms with van der Waals surface area (Å²) in [6, 6.07) is 5.35. The molecule has 134 valence electrons. The van der Waals surface area contributed by atoms with Crippen LogP contribution in [0.15, 0.2) is 24.3 Å². The highest BCUT2D eigenvalue weighted by molar-refractivity contribution is 7.45. The lowest BCUT2D eigenvalue weighted by Crippen LogP contribution is -2.59. The molecule has 0 spiro atoms. The number of aromatic carboxylic acids is 1. The van der Waals surface area contributed by atoms with Crippen LogP contribution in [0, 0.1) is 0 Å². The van der Waals surface area contributed by atoms with Crippen molar-refractivity contribution >= 4 is 14.3 Å². The van der Waals surface area contributed by atoms with E-state index in [1.165, 1.54) is 24.3 Å². The van der Waals surface area contributed by atoms with Gasteiger partial charge in [-0.05, 0) is 30.7 Å². The van der Waals surface area contributed by atoms with Crippen LogP contribution < -0.4 is 4.74 Å². The van der Waals surface area contributed by atoms with Crippen LogP contribution in [0.4, 0.5) is 0 Å². The van der Waals surface area contributed by atoms with Gasteiger partial charge in [-0.25, -0.2) is 4.79 Å². The van der Waals surface area contributed by atoms with Gasteiger partial charge in [0.2, 0.25) is 6.29 Å². The number of hydrogen-bond acceptors (Lipinski definition) is 8. The fraction of sp³-hybridized carbons (Fsp3) is 0.500. The van der Waals surface area contributed by atoms with Crippen molar-refractivity contribution in [1.82, 2.24) is 0 Å². The van der Waals surface area contributed by atoms with Gasteiger partial charge in [0.1, 0.15) is 24.1 Å². The Morgan fingerprint density at radius 2 is 1.71 bits per heavy atom. The van der Waals surface area contributed by atoms with Gasteiger partial charge in [0, 0.05) is 6.16 Å². The third-order valence-electron chi connectivity index (χ3n) is 3.64. The zero-order valence-electron chi connectivity index (χ0n) is 12.5. The Hall–Kier alpha value is -1.32. The Morgan fingerprint density at radius 3 is 2.25 bits per heavy atom. The molecule has 2 rings (SSSR count). The van der Waals surface area contributed by atoms with Gasteiger partial charge in [0.05, 0.1) is 11.7 Å². The van der Waals surface area contributed by atoms with E-state index in [0.717, 1.165) is 0 Å². The molecule has 24 heavy (non-hydrogen) atoms. The van der Waals surface area contributed by atoms with Crippen molar-refractivity contribution < 1.29 is 44.5 Å². The number of carbonyl (C=O) groups is 1. The maximum Gasteiger partial charge on any atom is 0.335 e. The molecular weight excluding hydrogens is 343 g/mol. The van der Waals surface area contributed by atoms with Gasteiger partial charge in [-0.2, -0.15) is 0 Å². The van der Waals surface area contributed by atoms with Crippen LogP contribution in [0.1, 0.15) is 16.8 Å². The van der Waals surface area contributed by atoms with Gasteiger partial charge in [0.15, 0.2) is 8.38 Å². The predicted molar refractivity (Wildman–Crippen MR) is 81.6 cm³/mol. The highest BCUT2D eigenvalue weighted by atomic mass is 31.2. The number of carboxylic acid groups (broad SMARTS) is 1. The summed E-state index contributed by atoms with van der Waals surface area (Å²) in [6.45, 7) is 0. The molecule has 3 unspecified atom stereocenters. The van der Waals surface area contributed by atoms with Crippen molar-refractivity contribution in [3.63, 3.8) is 0 Å². The smallest absolute Gasteiger partial charge is 0.335 e. The summed E-state index contributed by atoms with van der Waals surface area (Å²) >= 11 is 0. The summed E-state index contributed by atoms with van der Waals surface area (Å²) < 4.78 is 10.8. The van der Waals surface area contributed by atoms with Crippen LogP contribution in [0.3, 0.4) is 0 Å². The summed E-state index contributed by atoms with van der Waals surface area (Å²) in [5, 5.41) is 38.6. The molecular formula is C14H19O9P. The Bertz CT molecular complexity index is 550. The van der Waals surface area contributed by atoms with Crippen molar-refractivity contribution in [3.05, 3.63) is 29.8 Å². The summed E-state index contributed by atoms with van der Waals surface area (Å²) in [5.41, 5.74) is 0.0556. The quantitative estimate of drug-likeness (QED) is 0.359. The van der Waals surface area contributed by atoms with Crippen molar-refractivity contribution in [2.75, 3.05) is 6.16 Å². The van der Waals surface area contributed by atoms with Gasteiger partial charge in [-0.3, -0.25) is 0 Å². The zero-order valence-corrected chi connectivity index (χ0v) is 13.4. The number of carboxylic acids is 1. The minimum Gasteiger partial charge on any atom is -0.478 e. The lowest BCUT2D eigenvalue weighted by atomic mass is 9.97. The van der Waals surface area contributed by atoms with Crippen LogP contribution in [0.25, 0.3) is 0 Å². The van der Waals surface area contributed by atoms with E-state index in [-0.39, 0.29) is 23.9 Å². The lowest BCUT2D eigenvalue weighted by molar-refractivity contribution is -0.272. The largest absolute Gasteiger partial charge is 0.478 e. The van der Waals surface area contributed by atoms with Crippen LogP contribution >= 0.6 is 8.38 Å². The molecule has 6 N–H and O–H groups in total. The fourth-order valence-corrected chi connectivity index (χ4v) is 2.79. The first-order valence-corrected chi connectivity index (χ1v) is 8.58. The van der Waals surface area contributed by atoms with Crippen molar-refractivity contribution in [2.45, 2.75) is 37.1 Å². The van der Waals surface area contributed by atoms with Gasteiger partial charge in [0.25, 0.3) is 0 Å². The Kier molecular flexibility index (Phi) is 6.47. The average molecular weight is 362 g/mol. The average Bonchev–Trinajstić information content (AvgIpc) is 2.54.